The zero-order valence-electron chi connectivity index (χ0n) is 10.1. The van der Waals surface area contributed by atoms with E-state index in [1.165, 1.54) is 13.8 Å². The van der Waals surface area contributed by atoms with Crippen LogP contribution < -0.4 is 10.2 Å². The van der Waals surface area contributed by atoms with E-state index >= 15 is 0 Å². The van der Waals surface area contributed by atoms with Crippen molar-refractivity contribution >= 4 is 17.6 Å². The lowest BCUT2D eigenvalue weighted by Gasteiger charge is -2.16. The molecule has 1 N–H and O–H groups in total. The second-order valence-electron chi connectivity index (χ2n) is 4.60. The first-order valence-electron chi connectivity index (χ1n) is 5.33. The summed E-state index contributed by atoms with van der Waals surface area (Å²) < 4.78 is 37.1. The third-order valence-electron chi connectivity index (χ3n) is 2.66. The number of amides is 3. The average molecular weight is 273 g/mol. The van der Waals surface area contributed by atoms with Crippen molar-refractivity contribution < 1.29 is 22.8 Å². The topological polar surface area (TPSA) is 62.3 Å². The highest BCUT2D eigenvalue weighted by molar-refractivity contribution is 6.22. The average Bonchev–Trinajstić information content (AvgIpc) is 2.47. The number of hydrogen-bond donors (Lipinski definition) is 1. The molecule has 19 heavy (non-hydrogen) atoms. The van der Waals surface area contributed by atoms with Gasteiger partial charge in [-0.15, -0.1) is 0 Å². The van der Waals surface area contributed by atoms with E-state index in [1.54, 1.807) is 0 Å². The quantitative estimate of drug-likeness (QED) is 0.795. The van der Waals surface area contributed by atoms with Crippen molar-refractivity contribution in [2.24, 2.45) is 0 Å². The first kappa shape index (κ1) is 13.3. The number of aromatic nitrogens is 1. The van der Waals surface area contributed by atoms with Crippen LogP contribution in [0.3, 0.4) is 0 Å². The van der Waals surface area contributed by atoms with Crippen LogP contribution in [0.1, 0.15) is 19.5 Å². The lowest BCUT2D eigenvalue weighted by molar-refractivity contribution is -0.141. The number of nitrogens with zero attached hydrogens (tertiary/aromatic N) is 2. The molecule has 5 nitrogen and oxygen atoms in total. The maximum Gasteiger partial charge on any atom is 0.433 e. The van der Waals surface area contributed by atoms with Crippen LogP contribution in [-0.2, 0) is 11.0 Å². The van der Waals surface area contributed by atoms with Gasteiger partial charge in [0.2, 0.25) is 0 Å². The number of carbonyl (C=O) groups is 2. The van der Waals surface area contributed by atoms with Gasteiger partial charge >= 0.3 is 12.2 Å². The van der Waals surface area contributed by atoms with Crippen LogP contribution in [0.25, 0.3) is 0 Å². The predicted octanol–water partition coefficient (Wildman–Crippen LogP) is 1.94. The van der Waals surface area contributed by atoms with Crippen molar-refractivity contribution in [1.82, 2.24) is 10.3 Å². The summed E-state index contributed by atoms with van der Waals surface area (Å²) in [4.78, 5) is 27.5. The summed E-state index contributed by atoms with van der Waals surface area (Å²) in [6.07, 6.45) is -3.71. The van der Waals surface area contributed by atoms with E-state index in [9.17, 15) is 22.8 Å². The fraction of sp³-hybridized carbons (Fsp3) is 0.364. The monoisotopic (exact) mass is 273 g/mol. The Hall–Kier alpha value is -2.12. The van der Waals surface area contributed by atoms with Gasteiger partial charge in [-0.05, 0) is 26.0 Å². The van der Waals surface area contributed by atoms with Gasteiger partial charge < -0.3 is 5.32 Å². The molecule has 2 heterocycles. The van der Waals surface area contributed by atoms with Gasteiger partial charge in [0.15, 0.2) is 0 Å². The molecule has 2 rings (SSSR count). The molecule has 1 aromatic rings. The molecule has 0 unspecified atom stereocenters. The van der Waals surface area contributed by atoms with E-state index in [-0.39, 0.29) is 5.69 Å². The first-order valence-corrected chi connectivity index (χ1v) is 5.33. The maximum absolute atomic E-state index is 12.4. The van der Waals surface area contributed by atoms with Crippen LogP contribution in [0.4, 0.5) is 23.7 Å². The Morgan fingerprint density at radius 3 is 2.26 bits per heavy atom. The Morgan fingerprint density at radius 2 is 1.89 bits per heavy atom. The van der Waals surface area contributed by atoms with E-state index in [4.69, 9.17) is 0 Å². The fourth-order valence-corrected chi connectivity index (χ4v) is 1.67. The number of carbonyl (C=O) groups excluding carboxylic acids is 2. The van der Waals surface area contributed by atoms with Crippen LogP contribution >= 0.6 is 0 Å². The summed E-state index contributed by atoms with van der Waals surface area (Å²) in [5.41, 5.74) is -2.16. The van der Waals surface area contributed by atoms with E-state index in [2.05, 4.69) is 10.3 Å². The number of alkyl halides is 3. The predicted molar refractivity (Wildman–Crippen MR) is 59.3 cm³/mol. The van der Waals surface area contributed by atoms with Crippen LogP contribution in [0.5, 0.6) is 0 Å². The van der Waals surface area contributed by atoms with Gasteiger partial charge in [0.1, 0.15) is 11.2 Å². The molecule has 1 aliphatic heterocycles. The number of hydrogen-bond acceptors (Lipinski definition) is 3. The normalized spacial score (nSPS) is 18.7. The van der Waals surface area contributed by atoms with E-state index < -0.39 is 29.3 Å². The number of nitrogens with one attached hydrogen (secondary N) is 1. The summed E-state index contributed by atoms with van der Waals surface area (Å²) in [6, 6.07) is 1.08. The minimum atomic E-state index is -4.56. The minimum Gasteiger partial charge on any atom is -0.323 e. The lowest BCUT2D eigenvalue weighted by Crippen LogP contribution is -2.40. The van der Waals surface area contributed by atoms with Crippen molar-refractivity contribution in [3.05, 3.63) is 24.0 Å². The van der Waals surface area contributed by atoms with Crippen molar-refractivity contribution in [3.8, 4) is 0 Å². The van der Waals surface area contributed by atoms with Crippen molar-refractivity contribution in [2.45, 2.75) is 25.6 Å². The molecule has 1 aromatic heterocycles. The Kier molecular flexibility index (Phi) is 2.76. The molecule has 0 aromatic carbocycles. The summed E-state index contributed by atoms with van der Waals surface area (Å²) in [5.74, 6) is -0.543. The minimum absolute atomic E-state index is 0.000995. The molecule has 0 atom stereocenters. The smallest absolute Gasteiger partial charge is 0.323 e. The molecule has 0 saturated carbocycles. The highest BCUT2D eigenvalue weighted by Crippen LogP contribution is 2.30. The Labute approximate surface area is 106 Å². The molecule has 0 bridgehead atoms. The standard InChI is InChI=1S/C11H10F3N3O2/c1-10(2)8(18)17(9(19)16-10)6-3-4-7(15-5-6)11(12,13)14/h3-5H,1-2H3,(H,16,19). The van der Waals surface area contributed by atoms with Gasteiger partial charge in [-0.2, -0.15) is 13.2 Å². The molecule has 3 amide bonds. The van der Waals surface area contributed by atoms with Gasteiger partial charge in [-0.3, -0.25) is 4.79 Å². The molecule has 8 heteroatoms. The second kappa shape index (κ2) is 3.94. The summed E-state index contributed by atoms with van der Waals surface area (Å²) in [5, 5.41) is 2.42. The Bertz CT molecular complexity index is 537. The van der Waals surface area contributed by atoms with Crippen LogP contribution in [0.15, 0.2) is 18.3 Å². The summed E-state index contributed by atoms with van der Waals surface area (Å²) in [7, 11) is 0. The molecule has 1 saturated heterocycles. The third kappa shape index (κ3) is 2.25. The number of imide groups is 1. The summed E-state index contributed by atoms with van der Waals surface area (Å²) >= 11 is 0. The number of rotatable bonds is 1. The molecule has 0 radical (unpaired) electrons. The number of anilines is 1. The Balaban J connectivity index is 2.34. The second-order valence-corrected chi connectivity index (χ2v) is 4.60. The molecular weight excluding hydrogens is 263 g/mol. The lowest BCUT2D eigenvalue weighted by atomic mass is 10.1. The van der Waals surface area contributed by atoms with Gasteiger partial charge in [0.05, 0.1) is 11.9 Å². The van der Waals surface area contributed by atoms with Gasteiger partial charge in [-0.1, -0.05) is 0 Å². The van der Waals surface area contributed by atoms with Gasteiger partial charge in [-0.25, -0.2) is 14.7 Å². The van der Waals surface area contributed by atoms with Gasteiger partial charge in [0, 0.05) is 0 Å². The molecule has 1 aliphatic rings. The molecule has 0 spiro atoms. The van der Waals surface area contributed by atoms with Crippen LogP contribution in [0.2, 0.25) is 0 Å². The van der Waals surface area contributed by atoms with Crippen molar-refractivity contribution in [2.75, 3.05) is 4.90 Å². The van der Waals surface area contributed by atoms with Crippen molar-refractivity contribution in [3.63, 3.8) is 0 Å². The summed E-state index contributed by atoms with van der Waals surface area (Å²) in [6.45, 7) is 3.01. The maximum atomic E-state index is 12.4. The number of halogens is 3. The SMILES string of the molecule is CC1(C)NC(=O)N(c2ccc(C(F)(F)F)nc2)C1=O. The zero-order valence-corrected chi connectivity index (χ0v) is 10.1. The highest BCUT2D eigenvalue weighted by atomic mass is 19.4. The first-order chi connectivity index (χ1) is 8.63. The van der Waals surface area contributed by atoms with E-state index in [0.717, 1.165) is 23.2 Å². The molecule has 1 fully saturated rings. The highest BCUT2D eigenvalue weighted by Gasteiger charge is 2.45. The van der Waals surface area contributed by atoms with Crippen LogP contribution in [0, 0.1) is 0 Å². The molecule has 102 valence electrons. The molecule has 0 aliphatic carbocycles. The largest absolute Gasteiger partial charge is 0.433 e. The fourth-order valence-electron chi connectivity index (χ4n) is 1.67. The van der Waals surface area contributed by atoms with Gasteiger partial charge in [0.25, 0.3) is 5.91 Å². The zero-order chi connectivity index (χ0) is 14.4. The van der Waals surface area contributed by atoms with Crippen molar-refractivity contribution in [1.29, 1.82) is 0 Å². The third-order valence-corrected chi connectivity index (χ3v) is 2.66. The van der Waals surface area contributed by atoms with E-state index in [0.29, 0.717) is 0 Å². The van der Waals surface area contributed by atoms with Crippen LogP contribution in [-0.4, -0.2) is 22.5 Å². The molecular formula is C11H10F3N3O2. The number of urea groups is 1. The van der Waals surface area contributed by atoms with E-state index in [1.807, 2.05) is 0 Å². The number of pyridine rings is 1. The Morgan fingerprint density at radius 1 is 1.26 bits per heavy atom.